The van der Waals surface area contributed by atoms with Crippen LogP contribution in [-0.4, -0.2) is 4.98 Å². The summed E-state index contributed by atoms with van der Waals surface area (Å²) in [5.74, 6) is 6.08. The number of nitrogen functional groups attached to an aromatic ring is 1. The van der Waals surface area contributed by atoms with Crippen LogP contribution in [-0.2, 0) is 12.8 Å². The standard InChI is InChI=1S/C13H15N3S/c14-16-12-8-17-13(15-12)11-6-5-9-3-1-2-4-10(9)7-11/h5-8,16H,1-4,14H2. The summed E-state index contributed by atoms with van der Waals surface area (Å²) in [5.41, 5.74) is 6.78. The third-order valence-corrected chi connectivity index (χ3v) is 4.14. The quantitative estimate of drug-likeness (QED) is 0.631. The van der Waals surface area contributed by atoms with Crippen molar-refractivity contribution in [1.82, 2.24) is 4.98 Å². The number of nitrogens with zero attached hydrogens (tertiary/aromatic N) is 1. The normalized spacial score (nSPS) is 14.4. The molecule has 1 aromatic carbocycles. The first-order valence-electron chi connectivity index (χ1n) is 5.91. The summed E-state index contributed by atoms with van der Waals surface area (Å²) in [6.45, 7) is 0. The maximum atomic E-state index is 5.35. The molecule has 1 aliphatic rings. The molecule has 3 rings (SSSR count). The van der Waals surface area contributed by atoms with Crippen LogP contribution in [0.2, 0.25) is 0 Å². The second-order valence-electron chi connectivity index (χ2n) is 4.37. The van der Waals surface area contributed by atoms with E-state index in [9.17, 15) is 0 Å². The van der Waals surface area contributed by atoms with Gasteiger partial charge in [-0.05, 0) is 42.9 Å². The van der Waals surface area contributed by atoms with E-state index in [0.29, 0.717) is 0 Å². The lowest BCUT2D eigenvalue weighted by atomic mass is 9.90. The Hall–Kier alpha value is -1.39. The van der Waals surface area contributed by atoms with Gasteiger partial charge >= 0.3 is 0 Å². The third kappa shape index (κ3) is 2.06. The van der Waals surface area contributed by atoms with Crippen molar-refractivity contribution in [2.24, 2.45) is 5.84 Å². The molecule has 4 heteroatoms. The first-order valence-corrected chi connectivity index (χ1v) is 6.79. The molecule has 88 valence electrons. The lowest BCUT2D eigenvalue weighted by molar-refractivity contribution is 0.686. The van der Waals surface area contributed by atoms with E-state index in [0.717, 1.165) is 10.8 Å². The van der Waals surface area contributed by atoms with Gasteiger partial charge < -0.3 is 5.43 Å². The third-order valence-electron chi connectivity index (χ3n) is 3.25. The molecule has 0 bridgehead atoms. The van der Waals surface area contributed by atoms with Crippen LogP contribution in [0.5, 0.6) is 0 Å². The second-order valence-corrected chi connectivity index (χ2v) is 5.23. The number of fused-ring (bicyclic) bond motifs is 1. The van der Waals surface area contributed by atoms with Crippen molar-refractivity contribution in [2.45, 2.75) is 25.7 Å². The van der Waals surface area contributed by atoms with Gasteiger partial charge in [-0.15, -0.1) is 11.3 Å². The summed E-state index contributed by atoms with van der Waals surface area (Å²) in [4.78, 5) is 4.43. The van der Waals surface area contributed by atoms with Gasteiger partial charge in [0.25, 0.3) is 0 Å². The van der Waals surface area contributed by atoms with Crippen LogP contribution in [0, 0.1) is 0 Å². The SMILES string of the molecule is NNc1csc(-c2ccc3c(c2)CCCC3)n1. The molecule has 0 aliphatic heterocycles. The molecule has 1 aromatic heterocycles. The van der Waals surface area contributed by atoms with E-state index < -0.39 is 0 Å². The van der Waals surface area contributed by atoms with Gasteiger partial charge in [0.05, 0.1) is 0 Å². The molecule has 1 heterocycles. The minimum atomic E-state index is 0.739. The summed E-state index contributed by atoms with van der Waals surface area (Å²) in [5, 5.41) is 2.97. The predicted octanol–water partition coefficient (Wildman–Crippen LogP) is 2.97. The second kappa shape index (κ2) is 4.47. The van der Waals surface area contributed by atoms with E-state index in [1.165, 1.54) is 42.4 Å². The predicted molar refractivity (Wildman–Crippen MR) is 72.0 cm³/mol. The molecule has 0 radical (unpaired) electrons. The van der Waals surface area contributed by atoms with E-state index in [1.54, 1.807) is 11.3 Å². The Morgan fingerprint density at radius 3 is 2.76 bits per heavy atom. The van der Waals surface area contributed by atoms with Crippen molar-refractivity contribution in [1.29, 1.82) is 0 Å². The molecule has 0 amide bonds. The van der Waals surface area contributed by atoms with Crippen LogP contribution >= 0.6 is 11.3 Å². The summed E-state index contributed by atoms with van der Waals surface area (Å²) in [6.07, 6.45) is 5.06. The van der Waals surface area contributed by atoms with Crippen molar-refractivity contribution in [2.75, 3.05) is 5.43 Å². The Bertz CT molecular complexity index is 533. The van der Waals surface area contributed by atoms with Crippen LogP contribution in [0.15, 0.2) is 23.6 Å². The molecule has 0 saturated carbocycles. The molecule has 17 heavy (non-hydrogen) atoms. The van der Waals surface area contributed by atoms with Crippen molar-refractivity contribution in [3.8, 4) is 10.6 Å². The number of rotatable bonds is 2. The van der Waals surface area contributed by atoms with Crippen molar-refractivity contribution >= 4 is 17.2 Å². The number of nitrogens with one attached hydrogen (secondary N) is 1. The lowest BCUT2D eigenvalue weighted by Gasteiger charge is -2.15. The highest BCUT2D eigenvalue weighted by atomic mass is 32.1. The van der Waals surface area contributed by atoms with Gasteiger partial charge in [0.1, 0.15) is 5.01 Å². The van der Waals surface area contributed by atoms with Gasteiger partial charge in [-0.25, -0.2) is 10.8 Å². The van der Waals surface area contributed by atoms with E-state index in [4.69, 9.17) is 5.84 Å². The van der Waals surface area contributed by atoms with E-state index in [1.807, 2.05) is 5.38 Å². The highest BCUT2D eigenvalue weighted by Gasteiger charge is 2.11. The molecular formula is C13H15N3S. The fourth-order valence-electron chi connectivity index (χ4n) is 2.34. The topological polar surface area (TPSA) is 50.9 Å². The summed E-state index contributed by atoms with van der Waals surface area (Å²) in [7, 11) is 0. The minimum absolute atomic E-state index is 0.739. The molecule has 1 aliphatic carbocycles. The van der Waals surface area contributed by atoms with Crippen LogP contribution in [0.25, 0.3) is 10.6 Å². The highest BCUT2D eigenvalue weighted by Crippen LogP contribution is 2.30. The maximum absolute atomic E-state index is 5.35. The zero-order chi connectivity index (χ0) is 11.7. The first-order chi connectivity index (χ1) is 8.36. The highest BCUT2D eigenvalue weighted by molar-refractivity contribution is 7.13. The number of benzene rings is 1. The number of hydrogen-bond donors (Lipinski definition) is 2. The average Bonchev–Trinajstić information content (AvgIpc) is 2.87. The molecule has 0 atom stereocenters. The van der Waals surface area contributed by atoms with Crippen LogP contribution in [0.3, 0.4) is 0 Å². The van der Waals surface area contributed by atoms with Gasteiger partial charge in [-0.3, -0.25) is 0 Å². The monoisotopic (exact) mass is 245 g/mol. The van der Waals surface area contributed by atoms with E-state index in [2.05, 4.69) is 28.6 Å². The summed E-state index contributed by atoms with van der Waals surface area (Å²) >= 11 is 1.62. The molecule has 0 spiro atoms. The number of hydrazine groups is 1. The molecule has 0 saturated heterocycles. The largest absolute Gasteiger partial charge is 0.308 e. The zero-order valence-corrected chi connectivity index (χ0v) is 10.4. The van der Waals surface area contributed by atoms with Crippen LogP contribution in [0.1, 0.15) is 24.0 Å². The fraction of sp³-hybridized carbons (Fsp3) is 0.308. The van der Waals surface area contributed by atoms with Gasteiger partial charge in [-0.1, -0.05) is 12.1 Å². The number of thiazole rings is 1. The van der Waals surface area contributed by atoms with Gasteiger partial charge in [0, 0.05) is 10.9 Å². The van der Waals surface area contributed by atoms with E-state index in [-0.39, 0.29) is 0 Å². The molecule has 0 fully saturated rings. The number of aryl methyl sites for hydroxylation is 2. The fourth-order valence-corrected chi connectivity index (χ4v) is 3.10. The summed E-state index contributed by atoms with van der Waals surface area (Å²) < 4.78 is 0. The number of hydrogen-bond acceptors (Lipinski definition) is 4. The number of aromatic nitrogens is 1. The van der Waals surface area contributed by atoms with Gasteiger partial charge in [0.15, 0.2) is 5.82 Å². The van der Waals surface area contributed by atoms with Gasteiger partial charge in [0.2, 0.25) is 0 Å². The summed E-state index contributed by atoms with van der Waals surface area (Å²) in [6, 6.07) is 6.71. The molecular weight excluding hydrogens is 230 g/mol. The van der Waals surface area contributed by atoms with Gasteiger partial charge in [-0.2, -0.15) is 0 Å². The molecule has 2 aromatic rings. The first kappa shape index (κ1) is 10.7. The Balaban J connectivity index is 1.97. The van der Waals surface area contributed by atoms with Crippen LogP contribution < -0.4 is 11.3 Å². The Kier molecular flexibility index (Phi) is 2.82. The number of anilines is 1. The molecule has 0 unspecified atom stereocenters. The smallest absolute Gasteiger partial charge is 0.151 e. The average molecular weight is 245 g/mol. The van der Waals surface area contributed by atoms with E-state index >= 15 is 0 Å². The molecule has 3 N–H and O–H groups in total. The molecule has 3 nitrogen and oxygen atoms in total. The zero-order valence-electron chi connectivity index (χ0n) is 9.57. The lowest BCUT2D eigenvalue weighted by Crippen LogP contribution is -2.06. The minimum Gasteiger partial charge on any atom is -0.308 e. The Morgan fingerprint density at radius 2 is 2.00 bits per heavy atom. The van der Waals surface area contributed by atoms with Crippen LogP contribution in [0.4, 0.5) is 5.82 Å². The van der Waals surface area contributed by atoms with Crippen molar-refractivity contribution in [3.05, 3.63) is 34.7 Å². The Morgan fingerprint density at radius 1 is 1.18 bits per heavy atom. The van der Waals surface area contributed by atoms with Crippen molar-refractivity contribution in [3.63, 3.8) is 0 Å². The number of nitrogens with two attached hydrogens (primary N) is 1. The Labute approximate surface area is 105 Å². The van der Waals surface area contributed by atoms with Crippen molar-refractivity contribution < 1.29 is 0 Å². The maximum Gasteiger partial charge on any atom is 0.151 e.